The molecule has 0 spiro atoms. The minimum atomic E-state index is -1.57. The Bertz CT molecular complexity index is 1240. The number of benzene rings is 2. The first-order valence-electron chi connectivity index (χ1n) is 13.1. The highest BCUT2D eigenvalue weighted by molar-refractivity contribution is 5.85. The molecule has 1 unspecified atom stereocenters. The highest BCUT2D eigenvalue weighted by atomic mass is 19.1. The summed E-state index contributed by atoms with van der Waals surface area (Å²) in [5, 5.41) is 11.8. The van der Waals surface area contributed by atoms with Crippen molar-refractivity contribution in [1.29, 1.82) is 0 Å². The summed E-state index contributed by atoms with van der Waals surface area (Å²) >= 11 is 0. The quantitative estimate of drug-likeness (QED) is 0.368. The van der Waals surface area contributed by atoms with Gasteiger partial charge in [-0.15, -0.1) is 0 Å². The number of hydrogen-bond acceptors (Lipinski definition) is 3. The minimum Gasteiger partial charge on any atom is -0.388 e. The highest BCUT2D eigenvalue weighted by Gasteiger charge is 2.41. The number of hydrogen-bond donors (Lipinski definition) is 2. The summed E-state index contributed by atoms with van der Waals surface area (Å²) in [6.45, 7) is 6.24. The van der Waals surface area contributed by atoms with Crippen LogP contribution in [0.1, 0.15) is 61.7 Å². The third-order valence-electron chi connectivity index (χ3n) is 7.83. The van der Waals surface area contributed by atoms with E-state index in [2.05, 4.69) is 4.98 Å². The maximum Gasteiger partial charge on any atom is 0.131 e. The van der Waals surface area contributed by atoms with Crippen LogP contribution in [-0.4, -0.2) is 64.5 Å². The average Bonchev–Trinajstić information content (AvgIpc) is 3.16. The molecule has 2 aliphatic rings. The molecule has 37 heavy (non-hydrogen) atoms. The number of H-pyrrole nitrogens is 1. The van der Waals surface area contributed by atoms with E-state index in [1.54, 1.807) is 0 Å². The van der Waals surface area contributed by atoms with E-state index in [4.69, 9.17) is 0 Å². The van der Waals surface area contributed by atoms with Gasteiger partial charge < -0.3 is 15.0 Å². The second-order valence-corrected chi connectivity index (χ2v) is 11.3. The molecule has 1 saturated heterocycles. The van der Waals surface area contributed by atoms with Crippen LogP contribution in [0.3, 0.4) is 0 Å². The number of nitrogens with one attached hydrogen (secondary N) is 1. The molecule has 200 valence electrons. The third-order valence-corrected chi connectivity index (χ3v) is 7.83. The summed E-state index contributed by atoms with van der Waals surface area (Å²) < 4.78 is 59.0. The molecule has 3 atom stereocenters. The molecule has 3 aromatic rings. The number of alkyl halides is 2. The van der Waals surface area contributed by atoms with Crippen molar-refractivity contribution in [3.8, 4) is 0 Å². The number of aromatic amines is 1. The number of aliphatic hydroxyl groups excluding tert-OH is 1. The monoisotopic (exact) mass is 517 g/mol. The summed E-state index contributed by atoms with van der Waals surface area (Å²) in [5.74, 6) is -1.68. The fourth-order valence-corrected chi connectivity index (χ4v) is 6.08. The number of para-hydroxylation sites is 1. The molecule has 0 bridgehead atoms. The molecular weight excluding hydrogens is 482 g/mol. The lowest BCUT2D eigenvalue weighted by Crippen LogP contribution is -2.49. The zero-order chi connectivity index (χ0) is 26.5. The second kappa shape index (κ2) is 10.0. The minimum absolute atomic E-state index is 0.00762. The van der Waals surface area contributed by atoms with Gasteiger partial charge in [-0.2, -0.15) is 0 Å². The Kier molecular flexibility index (Phi) is 7.11. The highest BCUT2D eigenvalue weighted by Crippen LogP contribution is 2.44. The Labute approximate surface area is 215 Å². The Morgan fingerprint density at radius 2 is 1.81 bits per heavy atom. The largest absolute Gasteiger partial charge is 0.388 e. The van der Waals surface area contributed by atoms with Crippen LogP contribution in [0.4, 0.5) is 17.6 Å². The first kappa shape index (κ1) is 26.2. The van der Waals surface area contributed by atoms with Gasteiger partial charge in [-0.3, -0.25) is 9.29 Å². The SMILES string of the molecule is C[C@@H]1Cc2c([nH]c3ccccc23)C(c2c(F)cc([C@H](O)C3CN(CCCF)C3)cc2F)N1CC(C)(C)F. The number of rotatable bonds is 8. The molecule has 1 aromatic heterocycles. The number of nitrogens with zero attached hydrogens (tertiary/aromatic N) is 2. The van der Waals surface area contributed by atoms with Gasteiger partial charge in [0, 0.05) is 60.3 Å². The lowest BCUT2D eigenvalue weighted by Gasteiger charge is -2.43. The van der Waals surface area contributed by atoms with Crippen molar-refractivity contribution in [1.82, 2.24) is 14.8 Å². The van der Waals surface area contributed by atoms with Crippen molar-refractivity contribution < 1.29 is 22.7 Å². The van der Waals surface area contributed by atoms with E-state index in [0.717, 1.165) is 16.5 Å². The molecule has 4 nitrogen and oxygen atoms in total. The van der Waals surface area contributed by atoms with Gasteiger partial charge in [0.2, 0.25) is 0 Å². The molecule has 3 heterocycles. The first-order chi connectivity index (χ1) is 17.6. The average molecular weight is 518 g/mol. The molecule has 0 aliphatic carbocycles. The molecule has 0 amide bonds. The maximum atomic E-state index is 15.8. The van der Waals surface area contributed by atoms with E-state index < -0.39 is 36.1 Å². The summed E-state index contributed by atoms with van der Waals surface area (Å²) in [6.07, 6.45) is 0.0455. The smallest absolute Gasteiger partial charge is 0.131 e. The number of fused-ring (bicyclic) bond motifs is 3. The van der Waals surface area contributed by atoms with Crippen LogP contribution in [-0.2, 0) is 6.42 Å². The van der Waals surface area contributed by atoms with Crippen molar-refractivity contribution in [2.75, 3.05) is 32.9 Å². The van der Waals surface area contributed by atoms with Crippen LogP contribution in [0.5, 0.6) is 0 Å². The van der Waals surface area contributed by atoms with Crippen LogP contribution in [0, 0.1) is 17.6 Å². The Hall–Kier alpha value is -2.42. The van der Waals surface area contributed by atoms with Crippen molar-refractivity contribution in [2.24, 2.45) is 5.92 Å². The predicted octanol–water partition coefficient (Wildman–Crippen LogP) is 5.86. The molecule has 5 rings (SSSR count). The van der Waals surface area contributed by atoms with Gasteiger partial charge in [0.1, 0.15) is 17.3 Å². The molecule has 2 N–H and O–H groups in total. The number of halogens is 4. The van der Waals surface area contributed by atoms with Crippen molar-refractivity contribution in [3.05, 3.63) is 70.4 Å². The van der Waals surface area contributed by atoms with Gasteiger partial charge in [0.15, 0.2) is 0 Å². The molecule has 2 aromatic carbocycles. The zero-order valence-electron chi connectivity index (χ0n) is 21.6. The van der Waals surface area contributed by atoms with Crippen molar-refractivity contribution >= 4 is 10.9 Å². The van der Waals surface area contributed by atoms with Crippen molar-refractivity contribution in [3.63, 3.8) is 0 Å². The molecule has 8 heteroatoms. The molecular formula is C29H35F4N3O. The molecule has 0 radical (unpaired) electrons. The molecule has 0 saturated carbocycles. The zero-order valence-corrected chi connectivity index (χ0v) is 21.6. The fraction of sp³-hybridized carbons (Fsp3) is 0.517. The van der Waals surface area contributed by atoms with Crippen LogP contribution < -0.4 is 0 Å². The lowest BCUT2D eigenvalue weighted by atomic mass is 9.85. The Balaban J connectivity index is 1.52. The normalized spacial score (nSPS) is 22.3. The predicted molar refractivity (Wildman–Crippen MR) is 137 cm³/mol. The summed E-state index contributed by atoms with van der Waals surface area (Å²) in [4.78, 5) is 7.23. The lowest BCUT2D eigenvalue weighted by molar-refractivity contribution is -0.00641. The van der Waals surface area contributed by atoms with E-state index in [0.29, 0.717) is 38.2 Å². The van der Waals surface area contributed by atoms with E-state index in [9.17, 15) is 13.9 Å². The number of aliphatic hydroxyl groups is 1. The number of likely N-dealkylation sites (tertiary alicyclic amines) is 1. The topological polar surface area (TPSA) is 42.5 Å². The second-order valence-electron chi connectivity index (χ2n) is 11.3. The Morgan fingerprint density at radius 1 is 1.14 bits per heavy atom. The van der Waals surface area contributed by atoms with E-state index in [-0.39, 0.29) is 29.6 Å². The number of aromatic nitrogens is 1. The van der Waals surface area contributed by atoms with Gasteiger partial charge in [-0.25, -0.2) is 13.2 Å². The van der Waals surface area contributed by atoms with Gasteiger partial charge in [0.25, 0.3) is 0 Å². The summed E-state index contributed by atoms with van der Waals surface area (Å²) in [7, 11) is 0. The summed E-state index contributed by atoms with van der Waals surface area (Å²) in [6, 6.07) is 9.20. The van der Waals surface area contributed by atoms with Gasteiger partial charge in [0.05, 0.1) is 18.8 Å². The first-order valence-corrected chi connectivity index (χ1v) is 13.1. The van der Waals surface area contributed by atoms with Crippen LogP contribution >= 0.6 is 0 Å². The van der Waals surface area contributed by atoms with Crippen molar-refractivity contribution in [2.45, 2.75) is 57.5 Å². The fourth-order valence-electron chi connectivity index (χ4n) is 6.08. The van der Waals surface area contributed by atoms with Crippen LogP contribution in [0.25, 0.3) is 10.9 Å². The van der Waals surface area contributed by atoms with E-state index >= 15 is 8.78 Å². The van der Waals surface area contributed by atoms with Gasteiger partial charge in [-0.1, -0.05) is 18.2 Å². The van der Waals surface area contributed by atoms with Crippen LogP contribution in [0.15, 0.2) is 36.4 Å². The van der Waals surface area contributed by atoms with Crippen LogP contribution in [0.2, 0.25) is 0 Å². The van der Waals surface area contributed by atoms with E-state index in [1.165, 1.54) is 26.0 Å². The van der Waals surface area contributed by atoms with Gasteiger partial charge >= 0.3 is 0 Å². The third kappa shape index (κ3) is 5.03. The Morgan fingerprint density at radius 3 is 2.46 bits per heavy atom. The van der Waals surface area contributed by atoms with E-state index in [1.807, 2.05) is 41.0 Å². The summed E-state index contributed by atoms with van der Waals surface area (Å²) in [5.41, 5.74) is 1.02. The molecule has 1 fully saturated rings. The molecule has 2 aliphatic heterocycles. The standard InChI is InChI=1S/C29H35F4N3O/c1-17-11-21-20-7-4-5-8-24(20)34-26(21)27(36(17)16-29(2,3)33)25-22(31)12-18(13-23(25)32)28(37)19-14-35(15-19)10-6-9-30/h4-5,7-8,12-13,17,19,27-28,34,37H,6,9-11,14-16H2,1-3H3/t17-,27?,28+/m1/s1. The van der Waals surface area contributed by atoms with Gasteiger partial charge in [-0.05, 0) is 62.9 Å². The maximum absolute atomic E-state index is 15.8.